The van der Waals surface area contributed by atoms with Crippen LogP contribution in [0.3, 0.4) is 0 Å². The first-order valence-corrected chi connectivity index (χ1v) is 6.18. The fraction of sp³-hybridized carbons (Fsp3) is 0.286. The normalized spacial score (nSPS) is 11.9. The summed E-state index contributed by atoms with van der Waals surface area (Å²) in [4.78, 5) is 7.92. The lowest BCUT2D eigenvalue weighted by molar-refractivity contribution is 0.303. The Morgan fingerprint density at radius 3 is 2.68 bits per heavy atom. The van der Waals surface area contributed by atoms with Crippen molar-refractivity contribution in [3.05, 3.63) is 42.1 Å². The fourth-order valence-corrected chi connectivity index (χ4v) is 1.60. The first-order valence-electron chi connectivity index (χ1n) is 6.18. The zero-order valence-electron chi connectivity index (χ0n) is 11.1. The molecule has 0 aliphatic heterocycles. The van der Waals surface area contributed by atoms with Crippen molar-refractivity contribution < 1.29 is 4.74 Å². The van der Waals surface area contributed by atoms with E-state index in [0.717, 1.165) is 5.75 Å². The highest BCUT2D eigenvalue weighted by atomic mass is 16.5. The Morgan fingerprint density at radius 1 is 1.26 bits per heavy atom. The molecule has 100 valence electrons. The molecule has 2 rings (SSSR count). The van der Waals surface area contributed by atoms with Crippen molar-refractivity contribution in [1.82, 2.24) is 9.97 Å². The molecule has 1 unspecified atom stereocenters. The van der Waals surface area contributed by atoms with Gasteiger partial charge in [-0.1, -0.05) is 17.7 Å². The van der Waals surface area contributed by atoms with Crippen molar-refractivity contribution >= 4 is 11.8 Å². The summed E-state index contributed by atoms with van der Waals surface area (Å²) in [7, 11) is 0. The molecule has 0 bridgehead atoms. The number of ether oxygens (including phenoxy) is 1. The van der Waals surface area contributed by atoms with E-state index in [1.165, 1.54) is 5.56 Å². The highest BCUT2D eigenvalue weighted by molar-refractivity contribution is 5.38. The highest BCUT2D eigenvalue weighted by Crippen LogP contribution is 2.12. The average molecular weight is 258 g/mol. The van der Waals surface area contributed by atoms with Crippen molar-refractivity contribution in [2.24, 2.45) is 0 Å². The molecule has 5 heteroatoms. The molecule has 3 N–H and O–H groups in total. The third-order valence-electron chi connectivity index (χ3n) is 2.59. The van der Waals surface area contributed by atoms with E-state index in [1.54, 1.807) is 12.3 Å². The van der Waals surface area contributed by atoms with Gasteiger partial charge in [0.25, 0.3) is 0 Å². The Balaban J connectivity index is 1.84. The molecule has 0 spiro atoms. The minimum atomic E-state index is 0.121. The minimum absolute atomic E-state index is 0.121. The van der Waals surface area contributed by atoms with E-state index in [9.17, 15) is 0 Å². The van der Waals surface area contributed by atoms with Crippen LogP contribution in [0.25, 0.3) is 0 Å². The van der Waals surface area contributed by atoms with Crippen LogP contribution in [-0.4, -0.2) is 22.6 Å². The number of nitrogens with two attached hydrogens (primary N) is 1. The number of hydrogen-bond acceptors (Lipinski definition) is 5. The van der Waals surface area contributed by atoms with Crippen molar-refractivity contribution in [1.29, 1.82) is 0 Å². The Morgan fingerprint density at radius 2 is 2.00 bits per heavy atom. The topological polar surface area (TPSA) is 73.1 Å². The number of hydrogen-bond donors (Lipinski definition) is 2. The lowest BCUT2D eigenvalue weighted by Crippen LogP contribution is -2.24. The van der Waals surface area contributed by atoms with Gasteiger partial charge in [0, 0.05) is 6.20 Å². The third-order valence-corrected chi connectivity index (χ3v) is 2.59. The molecule has 1 aromatic heterocycles. The summed E-state index contributed by atoms with van der Waals surface area (Å²) >= 11 is 0. The third kappa shape index (κ3) is 4.13. The molecule has 0 radical (unpaired) electrons. The van der Waals surface area contributed by atoms with Gasteiger partial charge in [0.15, 0.2) is 0 Å². The molecule has 5 nitrogen and oxygen atoms in total. The fourth-order valence-electron chi connectivity index (χ4n) is 1.60. The molecule has 0 amide bonds. The summed E-state index contributed by atoms with van der Waals surface area (Å²) in [6.45, 7) is 4.62. The Hall–Kier alpha value is -2.30. The monoisotopic (exact) mass is 258 g/mol. The number of aromatic nitrogens is 2. The molecule has 1 heterocycles. The van der Waals surface area contributed by atoms with Crippen molar-refractivity contribution in [2.45, 2.75) is 19.9 Å². The Bertz CT molecular complexity index is 527. The summed E-state index contributed by atoms with van der Waals surface area (Å²) in [6, 6.07) is 9.88. The number of nitrogens with one attached hydrogen (secondary N) is 1. The minimum Gasteiger partial charge on any atom is -0.491 e. The maximum Gasteiger partial charge on any atom is 0.221 e. The maximum atomic E-state index is 5.69. The molecule has 0 aliphatic carbocycles. The largest absolute Gasteiger partial charge is 0.491 e. The van der Waals surface area contributed by atoms with Crippen molar-refractivity contribution in [2.75, 3.05) is 17.7 Å². The van der Waals surface area contributed by atoms with Crippen LogP contribution < -0.4 is 15.8 Å². The number of nitrogen functional groups attached to an aromatic ring is 1. The predicted molar refractivity (Wildman–Crippen MR) is 76.2 cm³/mol. The average Bonchev–Trinajstić information content (AvgIpc) is 2.38. The number of rotatable bonds is 5. The van der Waals surface area contributed by atoms with Crippen LogP contribution in [0.4, 0.5) is 11.8 Å². The maximum absolute atomic E-state index is 5.69. The van der Waals surface area contributed by atoms with Gasteiger partial charge in [-0.2, -0.15) is 4.98 Å². The zero-order chi connectivity index (χ0) is 13.7. The molecule has 0 saturated carbocycles. The van der Waals surface area contributed by atoms with Gasteiger partial charge in [-0.25, -0.2) is 4.98 Å². The number of aryl methyl sites for hydroxylation is 1. The smallest absolute Gasteiger partial charge is 0.221 e. The van der Waals surface area contributed by atoms with Gasteiger partial charge >= 0.3 is 0 Å². The van der Waals surface area contributed by atoms with Gasteiger partial charge in [0.2, 0.25) is 5.95 Å². The lowest BCUT2D eigenvalue weighted by atomic mass is 10.2. The molecule has 1 atom stereocenters. The van der Waals surface area contributed by atoms with E-state index in [0.29, 0.717) is 12.4 Å². The standard InChI is InChI=1S/C14H18N4O/c1-10-3-5-12(6-4-10)19-9-11(2)17-13-7-8-16-14(15)18-13/h3-8,11H,9H2,1-2H3,(H3,15,16,17,18). The number of anilines is 2. The van der Waals surface area contributed by atoms with E-state index in [2.05, 4.69) is 15.3 Å². The lowest BCUT2D eigenvalue weighted by Gasteiger charge is -2.15. The summed E-state index contributed by atoms with van der Waals surface area (Å²) in [6.07, 6.45) is 1.62. The summed E-state index contributed by atoms with van der Waals surface area (Å²) in [5.74, 6) is 1.82. The van der Waals surface area contributed by atoms with Crippen molar-refractivity contribution in [3.8, 4) is 5.75 Å². The Labute approximate surface area is 112 Å². The predicted octanol–water partition coefficient (Wildman–Crippen LogP) is 2.25. The second-order valence-corrected chi connectivity index (χ2v) is 4.47. The molecule has 0 aliphatic rings. The Kier molecular flexibility index (Phi) is 4.18. The van der Waals surface area contributed by atoms with E-state index in [4.69, 9.17) is 10.5 Å². The van der Waals surface area contributed by atoms with Gasteiger partial charge in [0.1, 0.15) is 18.2 Å². The SMILES string of the molecule is Cc1ccc(OCC(C)Nc2ccnc(N)n2)cc1. The van der Waals surface area contributed by atoms with Crippen LogP contribution in [0.5, 0.6) is 5.75 Å². The van der Waals surface area contributed by atoms with Crippen LogP contribution >= 0.6 is 0 Å². The molecule has 0 saturated heterocycles. The molecule has 1 aromatic carbocycles. The summed E-state index contributed by atoms with van der Waals surface area (Å²) in [5, 5.41) is 3.21. The highest BCUT2D eigenvalue weighted by Gasteiger charge is 2.04. The molecular weight excluding hydrogens is 240 g/mol. The van der Waals surface area contributed by atoms with Gasteiger partial charge in [-0.15, -0.1) is 0 Å². The second kappa shape index (κ2) is 6.04. The van der Waals surface area contributed by atoms with Crippen LogP contribution in [0, 0.1) is 6.92 Å². The molecule has 19 heavy (non-hydrogen) atoms. The van der Waals surface area contributed by atoms with Gasteiger partial charge < -0.3 is 15.8 Å². The first-order chi connectivity index (χ1) is 9.13. The van der Waals surface area contributed by atoms with E-state index in [1.807, 2.05) is 38.1 Å². The van der Waals surface area contributed by atoms with Gasteiger partial charge in [0.05, 0.1) is 6.04 Å². The van der Waals surface area contributed by atoms with Gasteiger partial charge in [-0.3, -0.25) is 0 Å². The first kappa shape index (κ1) is 13.1. The van der Waals surface area contributed by atoms with Crippen molar-refractivity contribution in [3.63, 3.8) is 0 Å². The number of nitrogens with zero attached hydrogens (tertiary/aromatic N) is 2. The van der Waals surface area contributed by atoms with Crippen LogP contribution in [0.15, 0.2) is 36.5 Å². The summed E-state index contributed by atoms with van der Waals surface area (Å²) in [5.41, 5.74) is 6.74. The second-order valence-electron chi connectivity index (χ2n) is 4.47. The zero-order valence-corrected chi connectivity index (χ0v) is 11.1. The quantitative estimate of drug-likeness (QED) is 0.860. The number of benzene rings is 1. The van der Waals surface area contributed by atoms with Crippen LogP contribution in [0.1, 0.15) is 12.5 Å². The molecule has 2 aromatic rings. The van der Waals surface area contributed by atoms with Crippen LogP contribution in [0.2, 0.25) is 0 Å². The van der Waals surface area contributed by atoms with Crippen LogP contribution in [-0.2, 0) is 0 Å². The summed E-state index contributed by atoms with van der Waals surface area (Å²) < 4.78 is 5.69. The van der Waals surface area contributed by atoms with E-state index < -0.39 is 0 Å². The molecular formula is C14H18N4O. The van der Waals surface area contributed by atoms with E-state index in [-0.39, 0.29) is 12.0 Å². The van der Waals surface area contributed by atoms with Gasteiger partial charge in [-0.05, 0) is 32.0 Å². The molecule has 0 fully saturated rings. The van der Waals surface area contributed by atoms with E-state index >= 15 is 0 Å².